The zero-order valence-electron chi connectivity index (χ0n) is 11.6. The summed E-state index contributed by atoms with van der Waals surface area (Å²) in [5, 5.41) is 4.22. The Bertz CT molecular complexity index is 412. The molecule has 1 rings (SSSR count). The van der Waals surface area contributed by atoms with E-state index in [2.05, 4.69) is 5.10 Å². The largest absolute Gasteiger partial charge is 0.405 e. The second kappa shape index (κ2) is 6.16. The maximum atomic E-state index is 12.7. The molecular weight excluding hydrogens is 257 g/mol. The van der Waals surface area contributed by atoms with Gasteiger partial charge in [-0.05, 0) is 19.8 Å². The van der Waals surface area contributed by atoms with Crippen LogP contribution >= 0.6 is 0 Å². The number of aryl methyl sites for hydroxylation is 2. The number of nitrogens with two attached hydrogens (primary N) is 1. The van der Waals surface area contributed by atoms with Crippen LogP contribution < -0.4 is 10.6 Å². The standard InChI is InChI=1S/C12H21F3N4/c1-4-6-18(8-12(13,14)15)11-10(16)9(3)17-19(11)7-5-2/h4-8,16H2,1-3H3. The molecule has 0 aliphatic heterocycles. The number of alkyl halides is 3. The lowest BCUT2D eigenvalue weighted by Gasteiger charge is -2.26. The minimum absolute atomic E-state index is 0.304. The zero-order valence-corrected chi connectivity index (χ0v) is 11.6. The van der Waals surface area contributed by atoms with Crippen molar-refractivity contribution in [2.24, 2.45) is 0 Å². The first-order chi connectivity index (χ1) is 8.80. The molecule has 1 heterocycles. The molecule has 0 unspecified atom stereocenters. The SMILES string of the molecule is CCCN(CC(F)(F)F)c1c(N)c(C)nn1CCC. The summed E-state index contributed by atoms with van der Waals surface area (Å²) < 4.78 is 39.6. The lowest BCUT2D eigenvalue weighted by Crippen LogP contribution is -2.36. The number of hydrogen-bond donors (Lipinski definition) is 1. The molecule has 0 spiro atoms. The molecule has 0 saturated heterocycles. The number of nitrogens with zero attached hydrogens (tertiary/aromatic N) is 3. The van der Waals surface area contributed by atoms with Crippen LogP contribution in [0.15, 0.2) is 0 Å². The van der Waals surface area contributed by atoms with Crippen molar-refractivity contribution in [3.8, 4) is 0 Å². The van der Waals surface area contributed by atoms with Gasteiger partial charge in [-0.15, -0.1) is 0 Å². The van der Waals surface area contributed by atoms with Crippen LogP contribution in [0.4, 0.5) is 24.7 Å². The van der Waals surface area contributed by atoms with Crippen LogP contribution in [0.5, 0.6) is 0 Å². The Balaban J connectivity index is 3.13. The van der Waals surface area contributed by atoms with Crippen LogP contribution in [-0.4, -0.2) is 29.0 Å². The third-order valence-corrected chi connectivity index (χ3v) is 2.74. The molecule has 7 heteroatoms. The molecule has 110 valence electrons. The van der Waals surface area contributed by atoms with Crippen molar-refractivity contribution in [3.05, 3.63) is 5.69 Å². The molecule has 19 heavy (non-hydrogen) atoms. The summed E-state index contributed by atoms with van der Waals surface area (Å²) in [5.74, 6) is 0.388. The van der Waals surface area contributed by atoms with Crippen molar-refractivity contribution >= 4 is 11.5 Å². The van der Waals surface area contributed by atoms with Gasteiger partial charge in [-0.1, -0.05) is 13.8 Å². The molecule has 0 amide bonds. The van der Waals surface area contributed by atoms with Gasteiger partial charge in [-0.2, -0.15) is 18.3 Å². The highest BCUT2D eigenvalue weighted by Crippen LogP contribution is 2.29. The molecule has 1 aromatic rings. The molecule has 0 aliphatic rings. The van der Waals surface area contributed by atoms with E-state index < -0.39 is 12.7 Å². The van der Waals surface area contributed by atoms with E-state index in [1.54, 1.807) is 11.6 Å². The minimum atomic E-state index is -4.25. The van der Waals surface area contributed by atoms with Crippen LogP contribution in [0.3, 0.4) is 0 Å². The molecule has 0 atom stereocenters. The summed E-state index contributed by atoms with van der Waals surface area (Å²) in [5.41, 5.74) is 6.81. The Hall–Kier alpha value is -1.40. The highest BCUT2D eigenvalue weighted by Gasteiger charge is 2.33. The number of aromatic nitrogens is 2. The van der Waals surface area contributed by atoms with Crippen molar-refractivity contribution in [2.45, 2.75) is 46.3 Å². The molecule has 0 saturated carbocycles. The number of halogens is 3. The number of nitrogen functional groups attached to an aromatic ring is 1. The van der Waals surface area contributed by atoms with Gasteiger partial charge in [0.25, 0.3) is 0 Å². The topological polar surface area (TPSA) is 47.1 Å². The lowest BCUT2D eigenvalue weighted by molar-refractivity contribution is -0.119. The molecule has 2 N–H and O–H groups in total. The van der Waals surface area contributed by atoms with E-state index in [4.69, 9.17) is 5.73 Å². The van der Waals surface area contributed by atoms with Crippen LogP contribution in [-0.2, 0) is 6.54 Å². The summed E-state index contributed by atoms with van der Waals surface area (Å²) in [6, 6.07) is 0. The average Bonchev–Trinajstić information content (AvgIpc) is 2.53. The third kappa shape index (κ3) is 4.04. The van der Waals surface area contributed by atoms with E-state index in [9.17, 15) is 13.2 Å². The molecule has 0 aromatic carbocycles. The quantitative estimate of drug-likeness (QED) is 0.870. The first-order valence-electron chi connectivity index (χ1n) is 6.44. The van der Waals surface area contributed by atoms with Crippen LogP contribution in [0.2, 0.25) is 0 Å². The highest BCUT2D eigenvalue weighted by atomic mass is 19.4. The van der Waals surface area contributed by atoms with Crippen LogP contribution in [0.25, 0.3) is 0 Å². The first kappa shape index (κ1) is 15.7. The smallest absolute Gasteiger partial charge is 0.394 e. The van der Waals surface area contributed by atoms with Crippen molar-refractivity contribution in [1.82, 2.24) is 9.78 Å². The monoisotopic (exact) mass is 278 g/mol. The molecule has 0 bridgehead atoms. The first-order valence-corrected chi connectivity index (χ1v) is 6.44. The van der Waals surface area contributed by atoms with Crippen molar-refractivity contribution in [1.29, 1.82) is 0 Å². The van der Waals surface area contributed by atoms with E-state index in [1.165, 1.54) is 4.90 Å². The number of rotatable bonds is 6. The predicted molar refractivity (Wildman–Crippen MR) is 70.2 cm³/mol. The third-order valence-electron chi connectivity index (χ3n) is 2.74. The van der Waals surface area contributed by atoms with Crippen molar-refractivity contribution in [2.75, 3.05) is 23.7 Å². The Kier molecular flexibility index (Phi) is 5.08. The summed E-state index contributed by atoms with van der Waals surface area (Å²) >= 11 is 0. The molecule has 0 radical (unpaired) electrons. The maximum absolute atomic E-state index is 12.7. The lowest BCUT2D eigenvalue weighted by atomic mass is 10.3. The van der Waals surface area contributed by atoms with Gasteiger partial charge in [0.2, 0.25) is 0 Å². The fourth-order valence-corrected chi connectivity index (χ4v) is 2.03. The fourth-order valence-electron chi connectivity index (χ4n) is 2.03. The Morgan fingerprint density at radius 3 is 2.37 bits per heavy atom. The second-order valence-corrected chi connectivity index (χ2v) is 4.58. The van der Waals surface area contributed by atoms with E-state index >= 15 is 0 Å². The maximum Gasteiger partial charge on any atom is 0.405 e. The van der Waals surface area contributed by atoms with Gasteiger partial charge < -0.3 is 10.6 Å². The molecule has 0 aliphatic carbocycles. The summed E-state index contributed by atoms with van der Waals surface area (Å²) in [7, 11) is 0. The minimum Gasteiger partial charge on any atom is -0.394 e. The van der Waals surface area contributed by atoms with Gasteiger partial charge in [0, 0.05) is 13.1 Å². The predicted octanol–water partition coefficient (Wildman–Crippen LogP) is 2.96. The normalized spacial score (nSPS) is 11.9. The Morgan fingerprint density at radius 2 is 1.89 bits per heavy atom. The summed E-state index contributed by atoms with van der Waals surface area (Å²) in [4.78, 5) is 1.27. The van der Waals surface area contributed by atoms with E-state index in [0.717, 1.165) is 6.42 Å². The van der Waals surface area contributed by atoms with E-state index in [1.807, 2.05) is 13.8 Å². The number of anilines is 2. The van der Waals surface area contributed by atoms with Gasteiger partial charge >= 0.3 is 6.18 Å². The number of hydrogen-bond acceptors (Lipinski definition) is 3. The summed E-state index contributed by atoms with van der Waals surface area (Å²) in [6.07, 6.45) is -2.84. The molecule has 4 nitrogen and oxygen atoms in total. The molecule has 1 aromatic heterocycles. The van der Waals surface area contributed by atoms with Gasteiger partial charge in [0.15, 0.2) is 5.82 Å². The fraction of sp³-hybridized carbons (Fsp3) is 0.750. The second-order valence-electron chi connectivity index (χ2n) is 4.58. The van der Waals surface area contributed by atoms with E-state index in [-0.39, 0.29) is 0 Å². The van der Waals surface area contributed by atoms with Crippen LogP contribution in [0.1, 0.15) is 32.4 Å². The Morgan fingerprint density at radius 1 is 1.26 bits per heavy atom. The summed E-state index contributed by atoms with van der Waals surface area (Å²) in [6.45, 7) is 5.37. The zero-order chi connectivity index (χ0) is 14.6. The van der Waals surface area contributed by atoms with Gasteiger partial charge in [0.1, 0.15) is 6.54 Å². The molecular formula is C12H21F3N4. The van der Waals surface area contributed by atoms with Gasteiger partial charge in [-0.25, -0.2) is 4.68 Å². The van der Waals surface area contributed by atoms with Crippen molar-refractivity contribution < 1.29 is 13.2 Å². The highest BCUT2D eigenvalue weighted by molar-refractivity contribution is 5.66. The van der Waals surface area contributed by atoms with Crippen LogP contribution in [0, 0.1) is 6.92 Å². The Labute approximate surface area is 111 Å². The average molecular weight is 278 g/mol. The van der Waals surface area contributed by atoms with Crippen molar-refractivity contribution in [3.63, 3.8) is 0 Å². The van der Waals surface area contributed by atoms with Gasteiger partial charge in [0.05, 0.1) is 11.4 Å². The van der Waals surface area contributed by atoms with Gasteiger partial charge in [-0.3, -0.25) is 0 Å². The van der Waals surface area contributed by atoms with E-state index in [0.29, 0.717) is 36.7 Å². The molecule has 0 fully saturated rings.